The van der Waals surface area contributed by atoms with Crippen molar-refractivity contribution in [2.24, 2.45) is 0 Å². The molecule has 7 nitrogen and oxygen atoms in total. The zero-order valence-corrected chi connectivity index (χ0v) is 16.9. The summed E-state index contributed by atoms with van der Waals surface area (Å²) < 4.78 is 5.76. The van der Waals surface area contributed by atoms with E-state index in [1.165, 1.54) is 11.3 Å². The lowest BCUT2D eigenvalue weighted by Crippen LogP contribution is -2.38. The molecule has 30 heavy (non-hydrogen) atoms. The highest BCUT2D eigenvalue weighted by Gasteiger charge is 2.38. The van der Waals surface area contributed by atoms with Gasteiger partial charge < -0.3 is 20.0 Å². The molecule has 2 N–H and O–H groups in total. The summed E-state index contributed by atoms with van der Waals surface area (Å²) in [5.74, 6) is 0.519. The van der Waals surface area contributed by atoms with Gasteiger partial charge in [0.05, 0.1) is 24.2 Å². The molecule has 1 aliphatic carbocycles. The summed E-state index contributed by atoms with van der Waals surface area (Å²) in [6, 6.07) is 11.0. The summed E-state index contributed by atoms with van der Waals surface area (Å²) in [6.45, 7) is 0.0493. The Hall–Kier alpha value is -3.39. The highest BCUT2D eigenvalue weighted by molar-refractivity contribution is 7.13. The van der Waals surface area contributed by atoms with Crippen LogP contribution in [0.5, 0.6) is 0 Å². The van der Waals surface area contributed by atoms with Crippen LogP contribution < -0.4 is 15.5 Å². The number of hydrogen-bond donors (Lipinski definition) is 2. The van der Waals surface area contributed by atoms with Crippen molar-refractivity contribution in [3.05, 3.63) is 71.3 Å². The fourth-order valence-corrected chi connectivity index (χ4v) is 4.66. The first-order valence-electron chi connectivity index (χ1n) is 9.82. The molecule has 0 saturated heterocycles. The summed E-state index contributed by atoms with van der Waals surface area (Å²) in [6.07, 6.45) is 5.33. The topological polar surface area (TPSA) is 87.5 Å². The molecule has 8 heteroatoms. The van der Waals surface area contributed by atoms with E-state index in [4.69, 9.17) is 4.42 Å². The Morgan fingerprint density at radius 3 is 2.97 bits per heavy atom. The molecule has 3 aromatic rings. The van der Waals surface area contributed by atoms with Gasteiger partial charge in [-0.1, -0.05) is 12.1 Å². The molecule has 1 aliphatic heterocycles. The quantitative estimate of drug-likeness (QED) is 0.652. The number of Topliss-reactive ketones (excluding diaryl/α,β-unsaturated/α-hetero) is 1. The van der Waals surface area contributed by atoms with Crippen LogP contribution in [0.1, 0.15) is 31.1 Å². The number of nitrogens with zero attached hydrogens (tertiary/aromatic N) is 2. The van der Waals surface area contributed by atoms with Crippen molar-refractivity contribution in [1.29, 1.82) is 0 Å². The standard InChI is InChI=1S/C22H20N4O3S/c27-17-8-3-6-15-20(17)21(18-9-4-11-29-18)26(16-7-2-1-5-14(16)24-15)13-19(28)25-22-23-10-12-30-22/h1-2,4-5,7,9-12,21,24H,3,6,8,13H2,(H,23,25,28)/t21-/m0/s1. The average molecular weight is 420 g/mol. The van der Waals surface area contributed by atoms with Crippen LogP contribution in [-0.2, 0) is 9.59 Å². The van der Waals surface area contributed by atoms with Gasteiger partial charge in [0.25, 0.3) is 0 Å². The lowest BCUT2D eigenvalue weighted by Gasteiger charge is -2.33. The van der Waals surface area contributed by atoms with Gasteiger partial charge in [0.2, 0.25) is 5.91 Å². The highest BCUT2D eigenvalue weighted by Crippen LogP contribution is 2.44. The van der Waals surface area contributed by atoms with Gasteiger partial charge >= 0.3 is 0 Å². The van der Waals surface area contributed by atoms with Gasteiger partial charge in [0.1, 0.15) is 11.8 Å². The van der Waals surface area contributed by atoms with Gasteiger partial charge in [-0.3, -0.25) is 9.59 Å². The molecule has 2 aliphatic rings. The zero-order chi connectivity index (χ0) is 20.5. The first-order valence-corrected chi connectivity index (χ1v) is 10.7. The Balaban J connectivity index is 1.61. The third-order valence-electron chi connectivity index (χ3n) is 5.35. The molecule has 0 radical (unpaired) electrons. The van der Waals surface area contributed by atoms with E-state index in [0.29, 0.717) is 22.9 Å². The maximum Gasteiger partial charge on any atom is 0.245 e. The van der Waals surface area contributed by atoms with Crippen LogP contribution in [0, 0.1) is 0 Å². The number of anilines is 3. The van der Waals surface area contributed by atoms with Gasteiger partial charge in [-0.2, -0.15) is 0 Å². The number of aromatic nitrogens is 1. The molecule has 2 aromatic heterocycles. The average Bonchev–Trinajstić information content (AvgIpc) is 3.42. The molecular formula is C22H20N4O3S. The van der Waals surface area contributed by atoms with Crippen LogP contribution in [-0.4, -0.2) is 23.2 Å². The predicted molar refractivity (Wildman–Crippen MR) is 115 cm³/mol. The third kappa shape index (κ3) is 3.39. The van der Waals surface area contributed by atoms with E-state index in [9.17, 15) is 9.59 Å². The van der Waals surface area contributed by atoms with Crippen molar-refractivity contribution in [3.63, 3.8) is 0 Å². The molecule has 5 rings (SSSR count). The predicted octanol–water partition coefficient (Wildman–Crippen LogP) is 4.36. The number of thiazole rings is 1. The Kier molecular flexibility index (Phi) is 4.84. The summed E-state index contributed by atoms with van der Waals surface area (Å²) in [5, 5.41) is 8.67. The van der Waals surface area contributed by atoms with E-state index in [-0.39, 0.29) is 18.2 Å². The molecule has 1 aromatic carbocycles. The van der Waals surface area contributed by atoms with Crippen molar-refractivity contribution in [2.45, 2.75) is 25.3 Å². The molecular weight excluding hydrogens is 400 g/mol. The van der Waals surface area contributed by atoms with Crippen LogP contribution >= 0.6 is 11.3 Å². The Morgan fingerprint density at radius 2 is 2.17 bits per heavy atom. The number of carbonyl (C=O) groups is 2. The normalized spacial score (nSPS) is 18.3. The Labute approximate surface area is 177 Å². The number of furan rings is 1. The number of nitrogens with one attached hydrogen (secondary N) is 2. The van der Waals surface area contributed by atoms with E-state index in [1.807, 2.05) is 40.6 Å². The van der Waals surface area contributed by atoms with Crippen molar-refractivity contribution < 1.29 is 14.0 Å². The summed E-state index contributed by atoms with van der Waals surface area (Å²) >= 11 is 1.36. The van der Waals surface area contributed by atoms with Crippen molar-refractivity contribution >= 4 is 39.5 Å². The fraction of sp³-hybridized carbons (Fsp3) is 0.227. The molecule has 3 heterocycles. The molecule has 0 bridgehead atoms. The van der Waals surface area contributed by atoms with Crippen LogP contribution in [0.3, 0.4) is 0 Å². The van der Waals surface area contributed by atoms with E-state index >= 15 is 0 Å². The van der Waals surface area contributed by atoms with Gasteiger partial charge in [0, 0.05) is 29.3 Å². The number of para-hydroxylation sites is 2. The maximum atomic E-state index is 13.1. The van der Waals surface area contributed by atoms with Crippen molar-refractivity contribution in [3.8, 4) is 0 Å². The highest BCUT2D eigenvalue weighted by atomic mass is 32.1. The van der Waals surface area contributed by atoms with Gasteiger partial charge in [-0.05, 0) is 37.1 Å². The number of allylic oxidation sites excluding steroid dienone is 1. The van der Waals surface area contributed by atoms with E-state index in [0.717, 1.165) is 29.9 Å². The molecule has 0 saturated carbocycles. The molecule has 152 valence electrons. The number of benzene rings is 1. The van der Waals surface area contributed by atoms with Crippen molar-refractivity contribution in [2.75, 3.05) is 22.1 Å². The van der Waals surface area contributed by atoms with E-state index in [2.05, 4.69) is 15.6 Å². The smallest absolute Gasteiger partial charge is 0.245 e. The third-order valence-corrected chi connectivity index (χ3v) is 6.03. The fourth-order valence-electron chi connectivity index (χ4n) is 4.12. The Morgan fingerprint density at radius 1 is 1.27 bits per heavy atom. The number of fused-ring (bicyclic) bond motifs is 1. The number of carbonyl (C=O) groups excluding carboxylic acids is 2. The van der Waals surface area contributed by atoms with Gasteiger partial charge in [-0.25, -0.2) is 4.98 Å². The molecule has 0 spiro atoms. The molecule has 0 fully saturated rings. The first-order chi connectivity index (χ1) is 14.7. The molecule has 1 amide bonds. The lowest BCUT2D eigenvalue weighted by atomic mass is 9.88. The lowest BCUT2D eigenvalue weighted by molar-refractivity contribution is -0.117. The maximum absolute atomic E-state index is 13.1. The SMILES string of the molecule is O=C(CN1c2ccccc2NC2=C(C(=O)CCC2)[C@@H]1c1ccco1)Nc1nccs1. The Bertz CT molecular complexity index is 1110. The second kappa shape index (κ2) is 7.79. The minimum atomic E-state index is -0.485. The summed E-state index contributed by atoms with van der Waals surface area (Å²) in [5.41, 5.74) is 3.29. The van der Waals surface area contributed by atoms with E-state index in [1.54, 1.807) is 18.5 Å². The second-order valence-electron chi connectivity index (χ2n) is 7.24. The van der Waals surface area contributed by atoms with Gasteiger partial charge in [-0.15, -0.1) is 11.3 Å². The second-order valence-corrected chi connectivity index (χ2v) is 8.14. The zero-order valence-electron chi connectivity index (χ0n) is 16.1. The number of ketones is 1. The van der Waals surface area contributed by atoms with Crippen molar-refractivity contribution in [1.82, 2.24) is 4.98 Å². The van der Waals surface area contributed by atoms with Crippen LogP contribution in [0.4, 0.5) is 16.5 Å². The number of hydrogen-bond acceptors (Lipinski definition) is 7. The van der Waals surface area contributed by atoms with Gasteiger partial charge in [0.15, 0.2) is 10.9 Å². The number of amides is 1. The number of rotatable bonds is 4. The van der Waals surface area contributed by atoms with Crippen LogP contribution in [0.25, 0.3) is 0 Å². The minimum Gasteiger partial charge on any atom is -0.467 e. The molecule has 0 unspecified atom stereocenters. The minimum absolute atomic E-state index is 0.0493. The molecule has 1 atom stereocenters. The first kappa shape index (κ1) is 18.6. The van der Waals surface area contributed by atoms with Crippen LogP contribution in [0.15, 0.2) is 69.9 Å². The van der Waals surface area contributed by atoms with E-state index < -0.39 is 6.04 Å². The largest absolute Gasteiger partial charge is 0.467 e. The summed E-state index contributed by atoms with van der Waals surface area (Å²) in [4.78, 5) is 32.0. The summed E-state index contributed by atoms with van der Waals surface area (Å²) in [7, 11) is 0. The van der Waals surface area contributed by atoms with Crippen LogP contribution in [0.2, 0.25) is 0 Å². The monoisotopic (exact) mass is 420 g/mol.